The lowest BCUT2D eigenvalue weighted by atomic mass is 10.1. The minimum absolute atomic E-state index is 0.0221. The number of para-hydroxylation sites is 2. The molecule has 0 saturated heterocycles. The molecule has 5 heteroatoms. The van der Waals surface area contributed by atoms with Crippen LogP contribution in [0.15, 0.2) is 144 Å². The Kier molecular flexibility index (Phi) is 8.45. The summed E-state index contributed by atoms with van der Waals surface area (Å²) >= 11 is 0. The maximum absolute atomic E-state index is 9.59. The Morgan fingerprint density at radius 2 is 1.40 bits per heavy atom. The highest BCUT2D eigenvalue weighted by molar-refractivity contribution is 6.09. The lowest BCUT2D eigenvalue weighted by Gasteiger charge is -2.20. The number of aromatic nitrogens is 1. The van der Waals surface area contributed by atoms with Crippen LogP contribution >= 0.6 is 0 Å². The number of hydrogen-bond donors (Lipinski definition) is 0. The van der Waals surface area contributed by atoms with E-state index in [1.165, 1.54) is 11.1 Å². The van der Waals surface area contributed by atoms with Crippen molar-refractivity contribution in [3.8, 4) is 11.8 Å². The minimum Gasteiger partial charge on any atom is -0.457 e. The van der Waals surface area contributed by atoms with Crippen LogP contribution in [0.5, 0.6) is 0 Å². The maximum Gasteiger partial charge on any atom is 0.269 e. The van der Waals surface area contributed by atoms with Gasteiger partial charge >= 0.3 is 0 Å². The zero-order chi connectivity index (χ0) is 31.2. The summed E-state index contributed by atoms with van der Waals surface area (Å²) in [6, 6.07) is 35.7. The van der Waals surface area contributed by atoms with E-state index in [1.54, 1.807) is 12.2 Å². The summed E-state index contributed by atoms with van der Waals surface area (Å²) in [4.78, 5) is 5.74. The van der Waals surface area contributed by atoms with Crippen molar-refractivity contribution in [2.45, 2.75) is 13.8 Å². The van der Waals surface area contributed by atoms with Crippen molar-refractivity contribution in [3.05, 3.63) is 167 Å². The van der Waals surface area contributed by atoms with Crippen molar-refractivity contribution in [3.63, 3.8) is 0 Å². The van der Waals surface area contributed by atoms with Crippen molar-refractivity contribution in [2.24, 2.45) is 0 Å². The molecule has 0 atom stereocenters. The Hall–Kier alpha value is -6.04. The standard InChI is InChI=1S/C40H32N4O/c1-4-43(5-2)32-20-15-29(16-21-32)17-22-34-26-31(38(28-41)42-3)27-35(45-34)23-18-30-19-24-40-37(25-30)36-13-9-10-14-39(36)44(40)33-11-7-6-8-12-33/h6-27H,4-5H2,1-2H3. The van der Waals surface area contributed by atoms with Crippen LogP contribution in [0.1, 0.15) is 25.0 Å². The molecular formula is C40H32N4O. The first-order chi connectivity index (χ1) is 22.1. The number of anilines is 1. The highest BCUT2D eigenvalue weighted by Crippen LogP contribution is 2.33. The summed E-state index contributed by atoms with van der Waals surface area (Å²) in [7, 11) is 0. The van der Waals surface area contributed by atoms with Crippen molar-refractivity contribution in [1.29, 1.82) is 5.26 Å². The van der Waals surface area contributed by atoms with Crippen LogP contribution in [-0.2, 0) is 4.74 Å². The van der Waals surface area contributed by atoms with Gasteiger partial charge in [0.05, 0.1) is 23.7 Å². The van der Waals surface area contributed by atoms with Gasteiger partial charge in [-0.15, -0.1) is 0 Å². The molecule has 1 aliphatic heterocycles. The molecule has 5 aromatic rings. The van der Waals surface area contributed by atoms with E-state index < -0.39 is 0 Å². The van der Waals surface area contributed by atoms with Crippen LogP contribution in [0.25, 0.3) is 44.5 Å². The summed E-state index contributed by atoms with van der Waals surface area (Å²) < 4.78 is 8.49. The summed E-state index contributed by atoms with van der Waals surface area (Å²) in [6.45, 7) is 13.7. The average Bonchev–Trinajstić information content (AvgIpc) is 3.42. The SMILES string of the molecule is [C-]#[N+]C(C#N)=C1C=C(C=Cc2ccc(N(CC)CC)cc2)OC(C=Cc2ccc3c(c2)c2ccccc2n3-c2ccccc2)=C1. The molecule has 0 amide bonds. The molecule has 0 bridgehead atoms. The van der Waals surface area contributed by atoms with E-state index in [0.29, 0.717) is 17.1 Å². The number of fused-ring (bicyclic) bond motifs is 3. The van der Waals surface area contributed by atoms with Gasteiger partial charge in [-0.1, -0.05) is 66.7 Å². The van der Waals surface area contributed by atoms with Crippen molar-refractivity contribution in [2.75, 3.05) is 18.0 Å². The van der Waals surface area contributed by atoms with E-state index in [9.17, 15) is 5.26 Å². The topological polar surface area (TPSA) is 45.6 Å². The normalized spacial score (nSPS) is 14.2. The lowest BCUT2D eigenvalue weighted by Crippen LogP contribution is -2.21. The largest absolute Gasteiger partial charge is 0.457 e. The molecule has 1 aromatic heterocycles. The van der Waals surface area contributed by atoms with Crippen LogP contribution in [0, 0.1) is 17.9 Å². The Bertz CT molecular complexity index is 2090. The molecule has 4 aromatic carbocycles. The van der Waals surface area contributed by atoms with Crippen molar-refractivity contribution < 1.29 is 4.74 Å². The predicted molar refractivity (Wildman–Crippen MR) is 185 cm³/mol. The molecule has 0 fully saturated rings. The second-order valence-corrected chi connectivity index (χ2v) is 10.6. The summed E-state index contributed by atoms with van der Waals surface area (Å²) in [5, 5.41) is 11.9. The third-order valence-electron chi connectivity index (χ3n) is 7.94. The van der Waals surface area contributed by atoms with Gasteiger partial charge in [-0.25, -0.2) is 10.1 Å². The van der Waals surface area contributed by atoms with Gasteiger partial charge in [0, 0.05) is 35.2 Å². The Balaban J connectivity index is 1.30. The lowest BCUT2D eigenvalue weighted by molar-refractivity contribution is 0.332. The highest BCUT2D eigenvalue weighted by atomic mass is 16.5. The Morgan fingerprint density at radius 3 is 2.07 bits per heavy atom. The van der Waals surface area contributed by atoms with Crippen molar-refractivity contribution >= 4 is 39.6 Å². The van der Waals surface area contributed by atoms with Gasteiger partial charge in [0.2, 0.25) is 0 Å². The zero-order valence-corrected chi connectivity index (χ0v) is 25.3. The Labute approximate surface area is 264 Å². The number of rotatable bonds is 8. The van der Waals surface area contributed by atoms with Gasteiger partial charge in [0.1, 0.15) is 11.5 Å². The van der Waals surface area contributed by atoms with E-state index in [-0.39, 0.29) is 5.70 Å². The molecule has 5 nitrogen and oxygen atoms in total. The van der Waals surface area contributed by atoms with Crippen LogP contribution in [0.2, 0.25) is 0 Å². The van der Waals surface area contributed by atoms with Crippen LogP contribution in [0.4, 0.5) is 5.69 Å². The quantitative estimate of drug-likeness (QED) is 0.135. The van der Waals surface area contributed by atoms with Gasteiger partial charge in [0.15, 0.2) is 0 Å². The first-order valence-electron chi connectivity index (χ1n) is 15.0. The fraction of sp³-hybridized carbons (Fsp3) is 0.100. The van der Waals surface area contributed by atoms with Gasteiger partial charge in [-0.3, -0.25) is 0 Å². The molecule has 0 aliphatic carbocycles. The number of benzene rings is 4. The van der Waals surface area contributed by atoms with E-state index in [4.69, 9.17) is 11.3 Å². The van der Waals surface area contributed by atoms with E-state index in [2.05, 4.69) is 119 Å². The molecule has 0 saturated carbocycles. The average molecular weight is 585 g/mol. The van der Waals surface area contributed by atoms with Crippen LogP contribution in [0.3, 0.4) is 0 Å². The smallest absolute Gasteiger partial charge is 0.269 e. The van der Waals surface area contributed by atoms with Gasteiger partial charge in [-0.2, -0.15) is 0 Å². The van der Waals surface area contributed by atoms with E-state index in [1.807, 2.05) is 36.4 Å². The summed E-state index contributed by atoms with van der Waals surface area (Å²) in [6.07, 6.45) is 11.2. The Morgan fingerprint density at radius 1 is 0.778 bits per heavy atom. The zero-order valence-electron chi connectivity index (χ0n) is 25.3. The van der Waals surface area contributed by atoms with Crippen LogP contribution in [-0.4, -0.2) is 17.7 Å². The number of nitrogens with zero attached hydrogens (tertiary/aromatic N) is 4. The van der Waals surface area contributed by atoms with Crippen LogP contribution < -0.4 is 4.90 Å². The minimum atomic E-state index is 0.0221. The monoisotopic (exact) mass is 584 g/mol. The van der Waals surface area contributed by atoms with Crippen molar-refractivity contribution in [1.82, 2.24) is 4.57 Å². The fourth-order valence-corrected chi connectivity index (χ4v) is 5.69. The molecule has 218 valence electrons. The second-order valence-electron chi connectivity index (χ2n) is 10.6. The maximum atomic E-state index is 9.59. The fourth-order valence-electron chi connectivity index (χ4n) is 5.69. The number of ether oxygens (including phenoxy) is 1. The number of allylic oxidation sites excluding steroid dienone is 6. The molecule has 6 rings (SSSR count). The first-order valence-corrected chi connectivity index (χ1v) is 15.0. The third-order valence-corrected chi connectivity index (χ3v) is 7.94. The molecule has 0 N–H and O–H groups in total. The predicted octanol–water partition coefficient (Wildman–Crippen LogP) is 9.85. The molecule has 1 aliphatic rings. The molecule has 0 spiro atoms. The molecule has 2 heterocycles. The second kappa shape index (κ2) is 13.1. The van der Waals surface area contributed by atoms with Gasteiger partial charge in [0.25, 0.3) is 5.70 Å². The number of nitriles is 1. The molecule has 0 radical (unpaired) electrons. The molecule has 45 heavy (non-hydrogen) atoms. The molecular weight excluding hydrogens is 552 g/mol. The highest BCUT2D eigenvalue weighted by Gasteiger charge is 2.14. The summed E-state index contributed by atoms with van der Waals surface area (Å²) in [5.41, 5.74) is 7.18. The summed E-state index contributed by atoms with van der Waals surface area (Å²) in [5.74, 6) is 1.10. The van der Waals surface area contributed by atoms with Gasteiger partial charge in [-0.05, 0) is 97.3 Å². The first kappa shape index (κ1) is 29.1. The number of hydrogen-bond acceptors (Lipinski definition) is 3. The van der Waals surface area contributed by atoms with E-state index in [0.717, 1.165) is 46.3 Å². The third kappa shape index (κ3) is 6.07. The molecule has 0 unspecified atom stereocenters. The van der Waals surface area contributed by atoms with E-state index >= 15 is 0 Å². The van der Waals surface area contributed by atoms with Gasteiger partial charge < -0.3 is 14.2 Å².